The van der Waals surface area contributed by atoms with Gasteiger partial charge in [-0.25, -0.2) is 4.98 Å². The number of anilines is 2. The molecule has 2 heterocycles. The highest BCUT2D eigenvalue weighted by Gasteiger charge is 2.11. The molecule has 0 saturated carbocycles. The third kappa shape index (κ3) is 3.78. The van der Waals surface area contributed by atoms with Crippen LogP contribution in [0.3, 0.4) is 0 Å². The molecule has 2 N–H and O–H groups in total. The van der Waals surface area contributed by atoms with Crippen LogP contribution < -0.4 is 10.6 Å². The molecule has 0 aliphatic heterocycles. The number of amides is 1. The molecule has 0 radical (unpaired) electrons. The van der Waals surface area contributed by atoms with Gasteiger partial charge in [0.2, 0.25) is 0 Å². The van der Waals surface area contributed by atoms with E-state index in [9.17, 15) is 4.79 Å². The summed E-state index contributed by atoms with van der Waals surface area (Å²) >= 11 is 1.40. The molecule has 3 aromatic rings. The fourth-order valence-corrected chi connectivity index (χ4v) is 2.76. The van der Waals surface area contributed by atoms with Crippen LogP contribution in [0.4, 0.5) is 10.8 Å². The minimum atomic E-state index is -0.217. The summed E-state index contributed by atoms with van der Waals surface area (Å²) in [6.45, 7) is 4.49. The van der Waals surface area contributed by atoms with Crippen LogP contribution >= 0.6 is 11.3 Å². The molecule has 2 aromatic heterocycles. The molecule has 0 aliphatic rings. The number of furan rings is 1. The Bertz CT molecular complexity index is 809. The quantitative estimate of drug-likeness (QED) is 0.742. The van der Waals surface area contributed by atoms with Gasteiger partial charge in [-0.05, 0) is 49.2 Å². The Morgan fingerprint density at radius 2 is 2.13 bits per heavy atom. The number of nitrogens with one attached hydrogen (secondary N) is 2. The van der Waals surface area contributed by atoms with Crippen LogP contribution in [0.25, 0.3) is 0 Å². The van der Waals surface area contributed by atoms with Gasteiger partial charge in [-0.2, -0.15) is 0 Å². The second-order valence-corrected chi connectivity index (χ2v) is 6.08. The summed E-state index contributed by atoms with van der Waals surface area (Å²) in [5.41, 5.74) is 3.81. The van der Waals surface area contributed by atoms with E-state index in [1.807, 2.05) is 12.1 Å². The van der Waals surface area contributed by atoms with Crippen molar-refractivity contribution in [1.82, 2.24) is 10.3 Å². The number of rotatable bonds is 5. The first kappa shape index (κ1) is 15.3. The standard InChI is InChI=1S/C17H17N3O2S/c1-11-5-6-13(8-12(11)2)19-17-20-15(10-23-17)16(21)18-9-14-4-3-7-22-14/h3-8,10H,9H2,1-2H3,(H,18,21)(H,19,20). The molecule has 0 fully saturated rings. The van der Waals surface area contributed by atoms with Crippen molar-refractivity contribution in [2.24, 2.45) is 0 Å². The first-order chi connectivity index (χ1) is 11.1. The van der Waals surface area contributed by atoms with E-state index in [0.29, 0.717) is 23.1 Å². The van der Waals surface area contributed by atoms with E-state index in [1.54, 1.807) is 17.7 Å². The van der Waals surface area contributed by atoms with Gasteiger partial charge in [0, 0.05) is 11.1 Å². The fraction of sp³-hybridized carbons (Fsp3) is 0.176. The van der Waals surface area contributed by atoms with Crippen LogP contribution in [0.1, 0.15) is 27.4 Å². The summed E-state index contributed by atoms with van der Waals surface area (Å²) in [6.07, 6.45) is 1.58. The van der Waals surface area contributed by atoms with Gasteiger partial charge in [0.15, 0.2) is 5.13 Å². The summed E-state index contributed by atoms with van der Waals surface area (Å²) in [6, 6.07) is 9.72. The van der Waals surface area contributed by atoms with Gasteiger partial charge < -0.3 is 15.1 Å². The van der Waals surface area contributed by atoms with E-state index in [4.69, 9.17) is 4.42 Å². The van der Waals surface area contributed by atoms with E-state index in [0.717, 1.165) is 5.69 Å². The first-order valence-corrected chi connectivity index (χ1v) is 8.10. The van der Waals surface area contributed by atoms with Gasteiger partial charge in [-0.15, -0.1) is 11.3 Å². The number of carbonyl (C=O) groups excluding carboxylic acids is 1. The van der Waals surface area contributed by atoms with Gasteiger partial charge >= 0.3 is 0 Å². The lowest BCUT2D eigenvalue weighted by atomic mass is 10.1. The van der Waals surface area contributed by atoms with Crippen LogP contribution in [-0.4, -0.2) is 10.9 Å². The van der Waals surface area contributed by atoms with Gasteiger partial charge in [-0.1, -0.05) is 6.07 Å². The van der Waals surface area contributed by atoms with Gasteiger partial charge in [0.05, 0.1) is 12.8 Å². The minimum Gasteiger partial charge on any atom is -0.467 e. The van der Waals surface area contributed by atoms with E-state index >= 15 is 0 Å². The maximum Gasteiger partial charge on any atom is 0.271 e. The van der Waals surface area contributed by atoms with Crippen molar-refractivity contribution in [1.29, 1.82) is 0 Å². The first-order valence-electron chi connectivity index (χ1n) is 7.22. The van der Waals surface area contributed by atoms with Crippen LogP contribution in [0, 0.1) is 13.8 Å². The highest BCUT2D eigenvalue weighted by atomic mass is 32.1. The maximum atomic E-state index is 12.1. The molecule has 6 heteroatoms. The monoisotopic (exact) mass is 327 g/mol. The number of aromatic nitrogens is 1. The van der Waals surface area contributed by atoms with Crippen molar-refractivity contribution >= 4 is 28.1 Å². The fourth-order valence-electron chi connectivity index (χ4n) is 2.05. The van der Waals surface area contributed by atoms with Gasteiger partial charge in [-0.3, -0.25) is 4.79 Å². The van der Waals surface area contributed by atoms with Crippen molar-refractivity contribution in [3.8, 4) is 0 Å². The van der Waals surface area contributed by atoms with Crippen molar-refractivity contribution in [3.63, 3.8) is 0 Å². The summed E-state index contributed by atoms with van der Waals surface area (Å²) in [7, 11) is 0. The second-order valence-electron chi connectivity index (χ2n) is 5.22. The molecule has 3 rings (SSSR count). The molecule has 0 atom stereocenters. The third-order valence-electron chi connectivity index (χ3n) is 3.50. The molecule has 1 amide bonds. The zero-order valence-electron chi connectivity index (χ0n) is 12.9. The van der Waals surface area contributed by atoms with Crippen molar-refractivity contribution in [3.05, 3.63) is 64.6 Å². The Morgan fingerprint density at radius 1 is 1.26 bits per heavy atom. The summed E-state index contributed by atoms with van der Waals surface area (Å²) in [5.74, 6) is 0.493. The number of carbonyl (C=O) groups is 1. The molecule has 5 nitrogen and oxygen atoms in total. The predicted molar refractivity (Wildman–Crippen MR) is 91.2 cm³/mol. The summed E-state index contributed by atoms with van der Waals surface area (Å²) in [5, 5.41) is 8.43. The molecule has 0 bridgehead atoms. The SMILES string of the molecule is Cc1ccc(Nc2nc(C(=O)NCc3ccco3)cs2)cc1C. The zero-order chi connectivity index (χ0) is 16.2. The van der Waals surface area contributed by atoms with Crippen LogP contribution in [0.15, 0.2) is 46.4 Å². The molecule has 118 valence electrons. The number of nitrogens with zero attached hydrogens (tertiary/aromatic N) is 1. The number of thiazole rings is 1. The molecular formula is C17H17N3O2S. The lowest BCUT2D eigenvalue weighted by molar-refractivity contribution is 0.0944. The van der Waals surface area contributed by atoms with Gasteiger partial charge in [0.25, 0.3) is 5.91 Å². The Hall–Kier alpha value is -2.60. The van der Waals surface area contributed by atoms with Crippen molar-refractivity contribution < 1.29 is 9.21 Å². The van der Waals surface area contributed by atoms with Crippen LogP contribution in [0.5, 0.6) is 0 Å². The maximum absolute atomic E-state index is 12.1. The second kappa shape index (κ2) is 6.66. The van der Waals surface area contributed by atoms with Crippen LogP contribution in [0.2, 0.25) is 0 Å². The molecule has 1 aromatic carbocycles. The molecule has 0 aliphatic carbocycles. The predicted octanol–water partition coefficient (Wildman–Crippen LogP) is 4.03. The van der Waals surface area contributed by atoms with Crippen LogP contribution in [-0.2, 0) is 6.54 Å². The Kier molecular flexibility index (Phi) is 4.43. The lowest BCUT2D eigenvalue weighted by Gasteiger charge is -2.05. The van der Waals surface area contributed by atoms with E-state index < -0.39 is 0 Å². The lowest BCUT2D eigenvalue weighted by Crippen LogP contribution is -2.22. The van der Waals surface area contributed by atoms with E-state index in [1.165, 1.54) is 22.5 Å². The number of hydrogen-bond acceptors (Lipinski definition) is 5. The normalized spacial score (nSPS) is 10.5. The van der Waals surface area contributed by atoms with E-state index in [2.05, 4.69) is 41.6 Å². The average Bonchev–Trinajstić information content (AvgIpc) is 3.20. The molecule has 23 heavy (non-hydrogen) atoms. The average molecular weight is 327 g/mol. The highest BCUT2D eigenvalue weighted by molar-refractivity contribution is 7.14. The summed E-state index contributed by atoms with van der Waals surface area (Å²) in [4.78, 5) is 16.4. The molecule has 0 spiro atoms. The molecule has 0 unspecified atom stereocenters. The van der Waals surface area contributed by atoms with E-state index in [-0.39, 0.29) is 5.91 Å². The third-order valence-corrected chi connectivity index (χ3v) is 4.26. The summed E-state index contributed by atoms with van der Waals surface area (Å²) < 4.78 is 5.18. The van der Waals surface area contributed by atoms with Crippen molar-refractivity contribution in [2.75, 3.05) is 5.32 Å². The number of hydrogen-bond donors (Lipinski definition) is 2. The largest absolute Gasteiger partial charge is 0.467 e. The Labute approximate surface area is 138 Å². The van der Waals surface area contributed by atoms with Crippen molar-refractivity contribution in [2.45, 2.75) is 20.4 Å². The topological polar surface area (TPSA) is 67.2 Å². The zero-order valence-corrected chi connectivity index (χ0v) is 13.7. The number of aryl methyl sites for hydroxylation is 2. The smallest absolute Gasteiger partial charge is 0.271 e. The highest BCUT2D eigenvalue weighted by Crippen LogP contribution is 2.22. The van der Waals surface area contributed by atoms with Gasteiger partial charge in [0.1, 0.15) is 11.5 Å². The Balaban J connectivity index is 1.62. The minimum absolute atomic E-state index is 0.217. The number of benzene rings is 1. The molecule has 0 saturated heterocycles. The molecular weight excluding hydrogens is 310 g/mol. The Morgan fingerprint density at radius 3 is 2.87 bits per heavy atom.